The van der Waals surface area contributed by atoms with Crippen LogP contribution < -0.4 is 5.73 Å². The topological polar surface area (TPSA) is 69.6 Å². The Kier molecular flexibility index (Phi) is 3.86. The number of rotatable bonds is 4. The van der Waals surface area contributed by atoms with Crippen LogP contribution >= 0.6 is 11.8 Å². The summed E-state index contributed by atoms with van der Waals surface area (Å²) in [4.78, 5) is 0. The first-order valence-corrected chi connectivity index (χ1v) is 7.67. The molecule has 5 nitrogen and oxygen atoms in total. The number of nitrogens with zero attached hydrogens (tertiary/aromatic N) is 4. The minimum Gasteiger partial charge on any atom is -0.398 e. The molecule has 106 valence electrons. The summed E-state index contributed by atoms with van der Waals surface area (Å²) in [7, 11) is 0. The largest absolute Gasteiger partial charge is 0.398 e. The first-order valence-electron chi connectivity index (χ1n) is 6.68. The van der Waals surface area contributed by atoms with Gasteiger partial charge in [0.1, 0.15) is 5.82 Å². The van der Waals surface area contributed by atoms with Gasteiger partial charge in [0, 0.05) is 11.4 Å². The molecule has 0 bridgehead atoms. The molecule has 1 aromatic carbocycles. The van der Waals surface area contributed by atoms with Gasteiger partial charge in [0.05, 0.1) is 6.04 Å². The van der Waals surface area contributed by atoms with Crippen LogP contribution in [-0.2, 0) is 5.75 Å². The zero-order valence-corrected chi connectivity index (χ0v) is 11.8. The zero-order chi connectivity index (χ0) is 13.9. The van der Waals surface area contributed by atoms with E-state index in [1.165, 1.54) is 36.7 Å². The number of benzene rings is 1. The van der Waals surface area contributed by atoms with Crippen molar-refractivity contribution in [1.29, 1.82) is 0 Å². The Morgan fingerprint density at radius 1 is 1.35 bits per heavy atom. The lowest BCUT2D eigenvalue weighted by Crippen LogP contribution is -2.08. The Bertz CT molecular complexity index is 594. The summed E-state index contributed by atoms with van der Waals surface area (Å²) in [6.45, 7) is 0. The first-order chi connectivity index (χ1) is 9.74. The summed E-state index contributed by atoms with van der Waals surface area (Å²) in [5.74, 6) is 0.325. The highest BCUT2D eigenvalue weighted by atomic mass is 32.2. The molecule has 0 unspecified atom stereocenters. The maximum Gasteiger partial charge on any atom is 0.209 e. The smallest absolute Gasteiger partial charge is 0.209 e. The summed E-state index contributed by atoms with van der Waals surface area (Å²) in [6.07, 6.45) is 4.74. The van der Waals surface area contributed by atoms with Gasteiger partial charge in [-0.05, 0) is 41.0 Å². The quantitative estimate of drug-likeness (QED) is 0.693. The van der Waals surface area contributed by atoms with Crippen LogP contribution in [0.15, 0.2) is 23.4 Å². The third-order valence-corrected chi connectivity index (χ3v) is 4.58. The van der Waals surface area contributed by atoms with E-state index in [1.54, 1.807) is 6.07 Å². The van der Waals surface area contributed by atoms with E-state index in [4.69, 9.17) is 5.73 Å². The van der Waals surface area contributed by atoms with E-state index in [0.717, 1.165) is 23.6 Å². The molecular formula is C13H16FN5S. The second kappa shape index (κ2) is 5.78. The number of halogens is 1. The molecule has 0 aliphatic heterocycles. The van der Waals surface area contributed by atoms with Gasteiger partial charge in [-0.2, -0.15) is 0 Å². The predicted molar refractivity (Wildman–Crippen MR) is 75.7 cm³/mol. The van der Waals surface area contributed by atoms with E-state index in [2.05, 4.69) is 15.5 Å². The fourth-order valence-electron chi connectivity index (χ4n) is 2.50. The number of hydrogen-bond donors (Lipinski definition) is 1. The number of nitrogen functional groups attached to an aromatic ring is 1. The molecule has 1 aliphatic carbocycles. The van der Waals surface area contributed by atoms with Crippen LogP contribution in [0.3, 0.4) is 0 Å². The third-order valence-electron chi connectivity index (χ3n) is 3.60. The fraction of sp³-hybridized carbons (Fsp3) is 0.462. The normalized spacial score (nSPS) is 15.8. The van der Waals surface area contributed by atoms with Crippen LogP contribution in [0.2, 0.25) is 0 Å². The van der Waals surface area contributed by atoms with Crippen LogP contribution in [0.4, 0.5) is 10.1 Å². The monoisotopic (exact) mass is 293 g/mol. The van der Waals surface area contributed by atoms with Gasteiger partial charge in [-0.25, -0.2) is 9.07 Å². The van der Waals surface area contributed by atoms with Gasteiger partial charge >= 0.3 is 0 Å². The molecule has 1 saturated carbocycles. The van der Waals surface area contributed by atoms with Gasteiger partial charge in [-0.1, -0.05) is 30.7 Å². The van der Waals surface area contributed by atoms with Crippen LogP contribution in [0, 0.1) is 5.82 Å². The average molecular weight is 293 g/mol. The van der Waals surface area contributed by atoms with Gasteiger partial charge in [0.2, 0.25) is 5.16 Å². The molecule has 20 heavy (non-hydrogen) atoms. The van der Waals surface area contributed by atoms with Gasteiger partial charge in [-0.15, -0.1) is 5.10 Å². The summed E-state index contributed by atoms with van der Waals surface area (Å²) in [6, 6.07) is 4.89. The molecule has 0 atom stereocenters. The van der Waals surface area contributed by atoms with Crippen LogP contribution in [-0.4, -0.2) is 20.2 Å². The molecule has 3 rings (SSSR count). The predicted octanol–water partition coefficient (Wildman–Crippen LogP) is 2.80. The van der Waals surface area contributed by atoms with E-state index in [9.17, 15) is 4.39 Å². The highest BCUT2D eigenvalue weighted by molar-refractivity contribution is 7.98. The highest BCUT2D eigenvalue weighted by Crippen LogP contribution is 2.32. The van der Waals surface area contributed by atoms with Gasteiger partial charge in [-0.3, -0.25) is 0 Å². The molecule has 0 saturated heterocycles. The Balaban J connectivity index is 1.70. The standard InChI is InChI=1S/C13H16FN5S/c14-10-6-5-9(12(15)7-10)8-20-13-16-17-18-19(13)11-3-1-2-4-11/h5-7,11H,1-4,8,15H2. The number of nitrogens with two attached hydrogens (primary N) is 1. The molecule has 0 amide bonds. The van der Waals surface area contributed by atoms with E-state index in [0.29, 0.717) is 17.5 Å². The van der Waals surface area contributed by atoms with Crippen molar-refractivity contribution < 1.29 is 4.39 Å². The van der Waals surface area contributed by atoms with Crippen LogP contribution in [0.5, 0.6) is 0 Å². The number of anilines is 1. The minimum absolute atomic E-state index is 0.313. The van der Waals surface area contributed by atoms with Gasteiger partial charge in [0.15, 0.2) is 0 Å². The van der Waals surface area contributed by atoms with Crippen molar-refractivity contribution in [2.45, 2.75) is 42.6 Å². The Labute approximate surface area is 120 Å². The fourth-order valence-corrected chi connectivity index (χ4v) is 3.46. The summed E-state index contributed by atoms with van der Waals surface area (Å²) in [5.41, 5.74) is 7.18. The molecular weight excluding hydrogens is 277 g/mol. The van der Waals surface area contributed by atoms with Crippen molar-refractivity contribution in [3.63, 3.8) is 0 Å². The SMILES string of the molecule is Nc1cc(F)ccc1CSc1nnnn1C1CCCC1. The van der Waals surface area contributed by atoms with Crippen molar-refractivity contribution in [1.82, 2.24) is 20.2 Å². The maximum absolute atomic E-state index is 13.0. The number of tetrazole rings is 1. The maximum atomic E-state index is 13.0. The van der Waals surface area contributed by atoms with Crippen molar-refractivity contribution >= 4 is 17.4 Å². The second-order valence-electron chi connectivity index (χ2n) is 4.98. The Morgan fingerprint density at radius 2 is 2.15 bits per heavy atom. The minimum atomic E-state index is -0.313. The highest BCUT2D eigenvalue weighted by Gasteiger charge is 2.21. The lowest BCUT2D eigenvalue weighted by molar-refractivity contribution is 0.423. The number of thioether (sulfide) groups is 1. The van der Waals surface area contributed by atoms with Gasteiger partial charge < -0.3 is 5.73 Å². The molecule has 1 aromatic heterocycles. The summed E-state index contributed by atoms with van der Waals surface area (Å²) < 4.78 is 14.9. The van der Waals surface area contributed by atoms with E-state index < -0.39 is 0 Å². The average Bonchev–Trinajstić information content (AvgIpc) is 3.08. The molecule has 1 aliphatic rings. The molecule has 1 heterocycles. The Morgan fingerprint density at radius 3 is 2.90 bits per heavy atom. The third kappa shape index (κ3) is 2.77. The Hall–Kier alpha value is -1.63. The number of hydrogen-bond acceptors (Lipinski definition) is 5. The van der Waals surface area contributed by atoms with E-state index in [-0.39, 0.29) is 5.82 Å². The molecule has 0 radical (unpaired) electrons. The van der Waals surface area contributed by atoms with Crippen molar-refractivity contribution in [3.05, 3.63) is 29.6 Å². The lowest BCUT2D eigenvalue weighted by atomic mass is 10.2. The summed E-state index contributed by atoms with van der Waals surface area (Å²) in [5, 5.41) is 12.7. The first kappa shape index (κ1) is 13.4. The number of aromatic nitrogens is 4. The van der Waals surface area contributed by atoms with Crippen LogP contribution in [0.1, 0.15) is 37.3 Å². The second-order valence-corrected chi connectivity index (χ2v) is 5.92. The molecule has 0 spiro atoms. The van der Waals surface area contributed by atoms with Crippen molar-refractivity contribution in [3.8, 4) is 0 Å². The molecule has 7 heteroatoms. The van der Waals surface area contributed by atoms with E-state index >= 15 is 0 Å². The summed E-state index contributed by atoms with van der Waals surface area (Å²) >= 11 is 1.54. The van der Waals surface area contributed by atoms with Gasteiger partial charge in [0.25, 0.3) is 0 Å². The van der Waals surface area contributed by atoms with Crippen LogP contribution in [0.25, 0.3) is 0 Å². The van der Waals surface area contributed by atoms with E-state index in [1.807, 2.05) is 4.68 Å². The van der Waals surface area contributed by atoms with Crippen molar-refractivity contribution in [2.75, 3.05) is 5.73 Å². The zero-order valence-electron chi connectivity index (χ0n) is 11.0. The lowest BCUT2D eigenvalue weighted by Gasteiger charge is -2.11. The molecule has 2 N–H and O–H groups in total. The molecule has 1 fully saturated rings. The van der Waals surface area contributed by atoms with Crippen molar-refractivity contribution in [2.24, 2.45) is 0 Å². The molecule has 2 aromatic rings.